The molecule has 0 spiro atoms. The molecule has 68 valence electrons. The molecule has 0 radical (unpaired) electrons. The number of hydrogen-bond donors (Lipinski definition) is 0. The van der Waals surface area contributed by atoms with Crippen LogP contribution in [0.4, 0.5) is 5.69 Å². The van der Waals surface area contributed by atoms with Crippen molar-refractivity contribution in [3.63, 3.8) is 0 Å². The minimum atomic E-state index is 0.587. The smallest absolute Gasteiger partial charge is 0.121 e. The molecule has 0 unspecified atom stereocenters. The minimum absolute atomic E-state index is 0.587. The Morgan fingerprint density at radius 2 is 2.23 bits per heavy atom. The van der Waals surface area contributed by atoms with E-state index in [4.69, 9.17) is 4.74 Å². The lowest BCUT2D eigenvalue weighted by Crippen LogP contribution is -1.86. The van der Waals surface area contributed by atoms with E-state index in [0.29, 0.717) is 5.76 Å². The molecule has 0 saturated heterocycles. The molecule has 3 heteroatoms. The van der Waals surface area contributed by atoms with Gasteiger partial charge in [-0.3, -0.25) is 4.99 Å². The molecule has 0 aliphatic rings. The Hall–Kier alpha value is -1.09. The van der Waals surface area contributed by atoms with E-state index in [0.717, 1.165) is 15.7 Å². The number of ether oxygens (including phenoxy) is 1. The lowest BCUT2D eigenvalue weighted by molar-refractivity contribution is 0.371. The zero-order valence-corrected chi connectivity index (χ0v) is 8.97. The Morgan fingerprint density at radius 1 is 1.54 bits per heavy atom. The molecule has 0 bridgehead atoms. The van der Waals surface area contributed by atoms with E-state index in [1.54, 1.807) is 7.11 Å². The summed E-state index contributed by atoms with van der Waals surface area (Å²) < 4.78 is 6.00. The SMILES string of the molecule is C=Nc1ccc(Br)cc1C(=C)OC. The molecule has 0 aliphatic carbocycles. The van der Waals surface area contributed by atoms with Crippen LogP contribution in [0.15, 0.2) is 34.2 Å². The molecular formula is C10H10BrNO. The molecule has 2 nitrogen and oxygen atoms in total. The molecule has 0 N–H and O–H groups in total. The number of hydrogen-bond acceptors (Lipinski definition) is 2. The summed E-state index contributed by atoms with van der Waals surface area (Å²) in [6, 6.07) is 5.66. The maximum atomic E-state index is 5.03. The molecule has 0 atom stereocenters. The van der Waals surface area contributed by atoms with Gasteiger partial charge in [0.2, 0.25) is 0 Å². The van der Waals surface area contributed by atoms with Crippen molar-refractivity contribution in [2.75, 3.05) is 7.11 Å². The fraction of sp³-hybridized carbons (Fsp3) is 0.100. The third-order valence-electron chi connectivity index (χ3n) is 1.68. The van der Waals surface area contributed by atoms with E-state index in [2.05, 4.69) is 34.2 Å². The highest BCUT2D eigenvalue weighted by molar-refractivity contribution is 9.10. The van der Waals surface area contributed by atoms with E-state index < -0.39 is 0 Å². The Kier molecular flexibility index (Phi) is 3.25. The second kappa shape index (κ2) is 4.23. The van der Waals surface area contributed by atoms with Gasteiger partial charge in [0.15, 0.2) is 0 Å². The van der Waals surface area contributed by atoms with E-state index in [1.165, 1.54) is 0 Å². The van der Waals surface area contributed by atoms with Gasteiger partial charge in [-0.05, 0) is 24.9 Å². The highest BCUT2D eigenvalue weighted by atomic mass is 79.9. The van der Waals surface area contributed by atoms with Crippen LogP contribution in [0, 0.1) is 0 Å². The van der Waals surface area contributed by atoms with Crippen LogP contribution in [0.3, 0.4) is 0 Å². The van der Waals surface area contributed by atoms with Gasteiger partial charge in [0.25, 0.3) is 0 Å². The predicted octanol–water partition coefficient (Wildman–Crippen LogP) is 3.40. The Bertz CT molecular complexity index is 347. The van der Waals surface area contributed by atoms with E-state index in [9.17, 15) is 0 Å². The zero-order chi connectivity index (χ0) is 9.84. The standard InChI is InChI=1S/C10H10BrNO/c1-7(13-3)9-6-8(11)4-5-10(9)12-2/h4-6H,1-2H2,3H3. The Morgan fingerprint density at radius 3 is 2.77 bits per heavy atom. The average Bonchev–Trinajstić information content (AvgIpc) is 2.16. The summed E-state index contributed by atoms with van der Waals surface area (Å²) in [6.45, 7) is 7.24. The molecule has 0 amide bonds. The van der Waals surface area contributed by atoms with Crippen molar-refractivity contribution in [1.82, 2.24) is 0 Å². The Balaban J connectivity index is 3.23. The fourth-order valence-electron chi connectivity index (χ4n) is 0.979. The monoisotopic (exact) mass is 239 g/mol. The topological polar surface area (TPSA) is 21.6 Å². The molecular weight excluding hydrogens is 230 g/mol. The highest BCUT2D eigenvalue weighted by Gasteiger charge is 2.05. The van der Waals surface area contributed by atoms with Crippen molar-refractivity contribution in [2.24, 2.45) is 4.99 Å². The number of halogens is 1. The van der Waals surface area contributed by atoms with Gasteiger partial charge in [-0.1, -0.05) is 22.5 Å². The number of benzene rings is 1. The van der Waals surface area contributed by atoms with Crippen LogP contribution in [0.2, 0.25) is 0 Å². The number of methoxy groups -OCH3 is 1. The van der Waals surface area contributed by atoms with Gasteiger partial charge >= 0.3 is 0 Å². The van der Waals surface area contributed by atoms with Gasteiger partial charge in [0, 0.05) is 10.0 Å². The largest absolute Gasteiger partial charge is 0.497 e. The summed E-state index contributed by atoms with van der Waals surface area (Å²) >= 11 is 3.36. The quantitative estimate of drug-likeness (QED) is 0.586. The van der Waals surface area contributed by atoms with Crippen molar-refractivity contribution in [3.05, 3.63) is 34.8 Å². The lowest BCUT2D eigenvalue weighted by atomic mass is 10.1. The first-order chi connectivity index (χ1) is 6.19. The van der Waals surface area contributed by atoms with Crippen LogP contribution < -0.4 is 0 Å². The van der Waals surface area contributed by atoms with Crippen molar-refractivity contribution in [3.8, 4) is 0 Å². The van der Waals surface area contributed by atoms with E-state index >= 15 is 0 Å². The summed E-state index contributed by atoms with van der Waals surface area (Å²) in [5.41, 5.74) is 1.63. The molecule has 1 rings (SSSR count). The molecule has 13 heavy (non-hydrogen) atoms. The number of nitrogens with zero attached hydrogens (tertiary/aromatic N) is 1. The second-order valence-electron chi connectivity index (χ2n) is 2.45. The molecule has 0 aliphatic heterocycles. The van der Waals surface area contributed by atoms with E-state index in [-0.39, 0.29) is 0 Å². The maximum Gasteiger partial charge on any atom is 0.121 e. The van der Waals surface area contributed by atoms with Gasteiger partial charge in [-0.2, -0.15) is 0 Å². The fourth-order valence-corrected chi connectivity index (χ4v) is 1.34. The first-order valence-electron chi connectivity index (χ1n) is 3.68. The van der Waals surface area contributed by atoms with Crippen LogP contribution in [0.25, 0.3) is 5.76 Å². The summed E-state index contributed by atoms with van der Waals surface area (Å²) in [4.78, 5) is 3.87. The van der Waals surface area contributed by atoms with Crippen LogP contribution in [0.5, 0.6) is 0 Å². The molecule has 1 aromatic carbocycles. The average molecular weight is 240 g/mol. The van der Waals surface area contributed by atoms with Gasteiger partial charge in [0.05, 0.1) is 12.8 Å². The van der Waals surface area contributed by atoms with Crippen molar-refractivity contribution < 1.29 is 4.74 Å². The normalized spacial score (nSPS) is 9.38. The van der Waals surface area contributed by atoms with E-state index in [1.807, 2.05) is 18.2 Å². The zero-order valence-electron chi connectivity index (χ0n) is 7.38. The number of rotatable bonds is 3. The van der Waals surface area contributed by atoms with Gasteiger partial charge in [-0.15, -0.1) is 0 Å². The third kappa shape index (κ3) is 2.18. The molecule has 1 aromatic rings. The van der Waals surface area contributed by atoms with Gasteiger partial charge < -0.3 is 4.74 Å². The van der Waals surface area contributed by atoms with Crippen LogP contribution >= 0.6 is 15.9 Å². The second-order valence-corrected chi connectivity index (χ2v) is 3.36. The minimum Gasteiger partial charge on any atom is -0.497 e. The van der Waals surface area contributed by atoms with Crippen molar-refractivity contribution >= 4 is 34.1 Å². The summed E-state index contributed by atoms with van der Waals surface area (Å²) in [7, 11) is 1.58. The maximum absolute atomic E-state index is 5.03. The molecule has 0 saturated carbocycles. The Labute approximate surface area is 86.1 Å². The molecule has 0 aromatic heterocycles. The first kappa shape index (κ1) is 9.99. The number of aliphatic imine (C=N–C) groups is 1. The summed E-state index contributed by atoms with van der Waals surface area (Å²) in [6.07, 6.45) is 0. The van der Waals surface area contributed by atoms with Crippen LogP contribution in [-0.2, 0) is 4.74 Å². The van der Waals surface area contributed by atoms with Crippen molar-refractivity contribution in [2.45, 2.75) is 0 Å². The summed E-state index contributed by atoms with van der Waals surface area (Å²) in [5, 5.41) is 0. The van der Waals surface area contributed by atoms with Crippen molar-refractivity contribution in [1.29, 1.82) is 0 Å². The lowest BCUT2D eigenvalue weighted by Gasteiger charge is -2.07. The third-order valence-corrected chi connectivity index (χ3v) is 2.17. The van der Waals surface area contributed by atoms with Crippen LogP contribution in [0.1, 0.15) is 5.56 Å². The first-order valence-corrected chi connectivity index (χ1v) is 4.48. The van der Waals surface area contributed by atoms with Gasteiger partial charge in [-0.25, -0.2) is 0 Å². The summed E-state index contributed by atoms with van der Waals surface area (Å²) in [5.74, 6) is 0.587. The predicted molar refractivity (Wildman–Crippen MR) is 59.4 cm³/mol. The molecule has 0 fully saturated rings. The highest BCUT2D eigenvalue weighted by Crippen LogP contribution is 2.28. The molecule has 0 heterocycles. The van der Waals surface area contributed by atoms with Crippen LogP contribution in [-0.4, -0.2) is 13.8 Å². The van der Waals surface area contributed by atoms with Gasteiger partial charge in [0.1, 0.15) is 5.76 Å².